The lowest BCUT2D eigenvalue weighted by molar-refractivity contribution is 0.588. The summed E-state index contributed by atoms with van der Waals surface area (Å²) in [5, 5.41) is 0. The fourth-order valence-electron chi connectivity index (χ4n) is 1.63. The molecule has 0 aliphatic carbocycles. The van der Waals surface area contributed by atoms with E-state index in [1.807, 2.05) is 0 Å². The molecule has 0 atom stereocenters. The summed E-state index contributed by atoms with van der Waals surface area (Å²) in [4.78, 5) is 11.9. The highest BCUT2D eigenvalue weighted by Crippen LogP contribution is 2.17. The van der Waals surface area contributed by atoms with Gasteiger partial charge in [-0.1, -0.05) is 18.2 Å². The molecule has 2 aromatic heterocycles. The van der Waals surface area contributed by atoms with E-state index in [2.05, 4.69) is 15.0 Å². The van der Waals surface area contributed by atoms with Crippen LogP contribution in [0.3, 0.4) is 0 Å². The highest BCUT2D eigenvalue weighted by Gasteiger charge is 2.19. The zero-order valence-corrected chi connectivity index (χ0v) is 9.95. The minimum atomic E-state index is -3.66. The lowest BCUT2D eigenvalue weighted by Gasteiger charge is -2.04. The fraction of sp³-hybridized carbons (Fsp3) is 0. The van der Waals surface area contributed by atoms with Gasteiger partial charge in [0.2, 0.25) is 0 Å². The second-order valence-corrected chi connectivity index (χ2v) is 5.41. The summed E-state index contributed by atoms with van der Waals surface area (Å²) < 4.78 is 25.8. The first-order valence-electron chi connectivity index (χ1n) is 5.13. The van der Waals surface area contributed by atoms with E-state index < -0.39 is 10.0 Å². The third kappa shape index (κ3) is 1.56. The lowest BCUT2D eigenvalue weighted by Crippen LogP contribution is -2.12. The zero-order valence-electron chi connectivity index (χ0n) is 9.13. The van der Waals surface area contributed by atoms with Gasteiger partial charge in [-0.2, -0.15) is 0 Å². The molecule has 7 heteroatoms. The Kier molecular flexibility index (Phi) is 2.34. The molecule has 0 saturated carbocycles. The van der Waals surface area contributed by atoms with Gasteiger partial charge in [0.15, 0.2) is 5.65 Å². The fourth-order valence-corrected chi connectivity index (χ4v) is 2.90. The molecule has 0 saturated heterocycles. The Morgan fingerprint density at radius 1 is 1.06 bits per heavy atom. The molecule has 0 fully saturated rings. The van der Waals surface area contributed by atoms with Crippen LogP contribution in [0.15, 0.2) is 54.1 Å². The quantitative estimate of drug-likeness (QED) is 0.688. The van der Waals surface area contributed by atoms with Crippen LogP contribution in [0.25, 0.3) is 11.2 Å². The van der Waals surface area contributed by atoms with Crippen molar-refractivity contribution in [2.75, 3.05) is 0 Å². The molecule has 0 aliphatic heterocycles. The summed E-state index contributed by atoms with van der Waals surface area (Å²) in [6.07, 6.45) is 4.00. The Morgan fingerprint density at radius 2 is 1.83 bits per heavy atom. The van der Waals surface area contributed by atoms with Crippen molar-refractivity contribution in [3.63, 3.8) is 0 Å². The molecular formula is C11H8N4O2S. The van der Waals surface area contributed by atoms with Gasteiger partial charge in [-0.05, 0) is 12.1 Å². The SMILES string of the molecule is O=S(=O)(c1ccccc1)n1cnc2cncnc21. The Morgan fingerprint density at radius 3 is 2.61 bits per heavy atom. The van der Waals surface area contributed by atoms with Crippen LogP contribution in [0.1, 0.15) is 0 Å². The molecule has 2 heterocycles. The van der Waals surface area contributed by atoms with E-state index in [0.717, 1.165) is 3.97 Å². The molecule has 3 aromatic rings. The molecule has 18 heavy (non-hydrogen) atoms. The molecule has 0 amide bonds. The van der Waals surface area contributed by atoms with Crippen molar-refractivity contribution in [2.24, 2.45) is 0 Å². The van der Waals surface area contributed by atoms with Gasteiger partial charge < -0.3 is 0 Å². The molecule has 0 unspecified atom stereocenters. The third-order valence-electron chi connectivity index (χ3n) is 2.48. The average Bonchev–Trinajstić information content (AvgIpc) is 2.84. The topological polar surface area (TPSA) is 77.7 Å². The van der Waals surface area contributed by atoms with E-state index >= 15 is 0 Å². The molecule has 0 radical (unpaired) electrons. The number of imidazole rings is 1. The number of aromatic nitrogens is 4. The Labute approximate surface area is 103 Å². The van der Waals surface area contributed by atoms with E-state index in [1.54, 1.807) is 18.2 Å². The predicted octanol–water partition coefficient (Wildman–Crippen LogP) is 1.06. The van der Waals surface area contributed by atoms with Crippen LogP contribution < -0.4 is 0 Å². The Hall–Kier alpha value is -2.28. The maximum absolute atomic E-state index is 12.4. The van der Waals surface area contributed by atoms with Crippen molar-refractivity contribution >= 4 is 21.2 Å². The normalized spacial score (nSPS) is 11.8. The van der Waals surface area contributed by atoms with Crippen molar-refractivity contribution in [2.45, 2.75) is 4.90 Å². The van der Waals surface area contributed by atoms with Crippen LogP contribution >= 0.6 is 0 Å². The maximum Gasteiger partial charge on any atom is 0.270 e. The van der Waals surface area contributed by atoms with Crippen LogP contribution in [-0.4, -0.2) is 27.3 Å². The minimum Gasteiger partial charge on any atom is -0.242 e. The van der Waals surface area contributed by atoms with Crippen LogP contribution in [0, 0.1) is 0 Å². The van der Waals surface area contributed by atoms with E-state index in [0.29, 0.717) is 5.52 Å². The highest BCUT2D eigenvalue weighted by atomic mass is 32.2. The summed E-state index contributed by atoms with van der Waals surface area (Å²) >= 11 is 0. The van der Waals surface area contributed by atoms with Gasteiger partial charge in [0.1, 0.15) is 18.2 Å². The molecule has 0 bridgehead atoms. The highest BCUT2D eigenvalue weighted by molar-refractivity contribution is 7.90. The molecule has 1 aromatic carbocycles. The standard InChI is InChI=1S/C11H8N4O2S/c16-18(17,9-4-2-1-3-5-9)15-8-14-10-6-12-7-13-11(10)15/h1-8H. The molecule has 0 N–H and O–H groups in total. The number of benzene rings is 1. The minimum absolute atomic E-state index is 0.197. The van der Waals surface area contributed by atoms with Crippen molar-refractivity contribution in [3.05, 3.63) is 49.2 Å². The molecule has 3 rings (SSSR count). The number of nitrogens with zero attached hydrogens (tertiary/aromatic N) is 4. The Balaban J connectivity index is 2.27. The molecule has 0 spiro atoms. The van der Waals surface area contributed by atoms with Gasteiger partial charge in [0.05, 0.1) is 11.1 Å². The van der Waals surface area contributed by atoms with Gasteiger partial charge in [0, 0.05) is 0 Å². The molecule has 90 valence electrons. The van der Waals surface area contributed by atoms with E-state index in [4.69, 9.17) is 0 Å². The predicted molar refractivity (Wildman–Crippen MR) is 64.3 cm³/mol. The van der Waals surface area contributed by atoms with Gasteiger partial charge in [-0.3, -0.25) is 0 Å². The maximum atomic E-state index is 12.4. The summed E-state index contributed by atoms with van der Waals surface area (Å²) in [5.74, 6) is 0. The van der Waals surface area contributed by atoms with Gasteiger partial charge in [-0.25, -0.2) is 27.3 Å². The second-order valence-electron chi connectivity index (χ2n) is 3.59. The van der Waals surface area contributed by atoms with E-state index in [9.17, 15) is 8.42 Å². The second kappa shape index (κ2) is 3.88. The molecule has 0 aliphatic rings. The Bertz CT molecular complexity index is 796. The smallest absolute Gasteiger partial charge is 0.242 e. The zero-order chi connectivity index (χ0) is 12.6. The monoisotopic (exact) mass is 260 g/mol. The van der Waals surface area contributed by atoms with Crippen LogP contribution in [0.4, 0.5) is 0 Å². The largest absolute Gasteiger partial charge is 0.270 e. The summed E-state index contributed by atoms with van der Waals surface area (Å²) in [6.45, 7) is 0. The van der Waals surface area contributed by atoms with Crippen molar-refractivity contribution in [1.29, 1.82) is 0 Å². The van der Waals surface area contributed by atoms with Crippen LogP contribution in [-0.2, 0) is 10.0 Å². The van der Waals surface area contributed by atoms with Crippen molar-refractivity contribution in [3.8, 4) is 0 Å². The number of hydrogen-bond acceptors (Lipinski definition) is 5. The van der Waals surface area contributed by atoms with E-state index in [-0.39, 0.29) is 10.5 Å². The first-order chi connectivity index (χ1) is 8.69. The van der Waals surface area contributed by atoms with Gasteiger partial charge in [0.25, 0.3) is 10.0 Å². The first-order valence-corrected chi connectivity index (χ1v) is 6.57. The molecular weight excluding hydrogens is 252 g/mol. The first kappa shape index (κ1) is 10.8. The van der Waals surface area contributed by atoms with Gasteiger partial charge in [-0.15, -0.1) is 0 Å². The van der Waals surface area contributed by atoms with Crippen LogP contribution in [0.2, 0.25) is 0 Å². The van der Waals surface area contributed by atoms with E-state index in [1.165, 1.54) is 31.0 Å². The van der Waals surface area contributed by atoms with Crippen molar-refractivity contribution < 1.29 is 8.42 Å². The number of rotatable bonds is 2. The van der Waals surface area contributed by atoms with Gasteiger partial charge >= 0.3 is 0 Å². The summed E-state index contributed by atoms with van der Waals surface area (Å²) in [7, 11) is -3.66. The van der Waals surface area contributed by atoms with Crippen molar-refractivity contribution in [1.82, 2.24) is 18.9 Å². The molecule has 6 nitrogen and oxygen atoms in total. The number of hydrogen-bond donors (Lipinski definition) is 0. The average molecular weight is 260 g/mol. The number of fused-ring (bicyclic) bond motifs is 1. The lowest BCUT2D eigenvalue weighted by atomic mass is 10.4. The summed E-state index contributed by atoms with van der Waals surface area (Å²) in [5.41, 5.74) is 0.714. The third-order valence-corrected chi connectivity index (χ3v) is 4.14. The van der Waals surface area contributed by atoms with Crippen LogP contribution in [0.5, 0.6) is 0 Å². The summed E-state index contributed by atoms with van der Waals surface area (Å²) in [6, 6.07) is 8.15.